The van der Waals surface area contributed by atoms with Crippen molar-refractivity contribution in [2.24, 2.45) is 0 Å². The van der Waals surface area contributed by atoms with E-state index >= 15 is 0 Å². The SMILES string of the molecule is CC1(C)c2ccccc2-c2cc(-c3cccc(-c4cccc(-c5cccc6c7c8ccccc8ccc7n(-c7nc(C8=CCC=CC=C8)c8ccccc8n7)c56)c4)c3)ccc21. The van der Waals surface area contributed by atoms with Crippen molar-refractivity contribution >= 4 is 49.1 Å². The third-order valence-corrected chi connectivity index (χ3v) is 13.0. The normalized spacial score (nSPS) is 14.1. The van der Waals surface area contributed by atoms with Gasteiger partial charge in [-0.05, 0) is 103 Å². The fourth-order valence-electron chi connectivity index (χ4n) is 10.1. The minimum absolute atomic E-state index is 0.0153. The molecule has 2 heterocycles. The molecule has 12 rings (SSSR count). The van der Waals surface area contributed by atoms with Crippen molar-refractivity contribution in [3.05, 3.63) is 217 Å². The van der Waals surface area contributed by atoms with Crippen LogP contribution in [0.25, 0.3) is 99.5 Å². The van der Waals surface area contributed by atoms with Crippen molar-refractivity contribution in [1.29, 1.82) is 0 Å². The highest BCUT2D eigenvalue weighted by Gasteiger charge is 2.35. The molecule has 10 aromatic rings. The molecule has 0 radical (unpaired) electrons. The van der Waals surface area contributed by atoms with Crippen LogP contribution in [0.5, 0.6) is 0 Å². The van der Waals surface area contributed by atoms with Crippen LogP contribution in [0.15, 0.2) is 200 Å². The average molecular weight is 780 g/mol. The van der Waals surface area contributed by atoms with Gasteiger partial charge in [0.15, 0.2) is 0 Å². The van der Waals surface area contributed by atoms with Crippen LogP contribution in [-0.2, 0) is 5.41 Å². The molecule has 0 saturated carbocycles. The van der Waals surface area contributed by atoms with E-state index in [1.54, 1.807) is 0 Å². The zero-order valence-electron chi connectivity index (χ0n) is 34.1. The number of aromatic nitrogens is 3. The van der Waals surface area contributed by atoms with E-state index in [2.05, 4.69) is 219 Å². The Bertz CT molecular complexity index is 3540. The molecular formula is C58H41N3. The molecule has 0 atom stereocenters. The molecular weight excluding hydrogens is 739 g/mol. The van der Waals surface area contributed by atoms with Crippen LogP contribution in [-0.4, -0.2) is 14.5 Å². The standard InChI is InChI=1S/C58H41N3/c1-58(2)50-28-11-9-24-46(50)49-36-42(30-32-51(49)58)40-20-13-19-39(34-40)41-21-14-22-43(35-41)45-26-15-27-48-54-44-23-8-7-16-37(44)31-33-53(54)61(56(45)48)57-59-52-29-12-10-25-47(52)55(60-57)38-17-5-3-4-6-18-38/h3-5,7-36H,6H2,1-2H3. The lowest BCUT2D eigenvalue weighted by molar-refractivity contribution is 0.660. The van der Waals surface area contributed by atoms with Gasteiger partial charge in [-0.2, -0.15) is 0 Å². The Morgan fingerprint density at radius 3 is 2.05 bits per heavy atom. The molecule has 0 bridgehead atoms. The quantitative estimate of drug-likeness (QED) is 0.174. The Morgan fingerprint density at radius 2 is 1.18 bits per heavy atom. The topological polar surface area (TPSA) is 30.7 Å². The van der Waals surface area contributed by atoms with Crippen molar-refractivity contribution in [3.8, 4) is 50.5 Å². The first-order valence-electron chi connectivity index (χ1n) is 21.2. The van der Waals surface area contributed by atoms with E-state index in [1.165, 1.54) is 66.1 Å². The predicted molar refractivity (Wildman–Crippen MR) is 256 cm³/mol. The molecule has 0 N–H and O–H groups in total. The molecule has 0 spiro atoms. The fraction of sp³-hybridized carbons (Fsp3) is 0.0690. The molecule has 0 saturated heterocycles. The van der Waals surface area contributed by atoms with Crippen molar-refractivity contribution in [2.75, 3.05) is 0 Å². The molecule has 8 aromatic carbocycles. The van der Waals surface area contributed by atoms with Crippen LogP contribution in [0, 0.1) is 0 Å². The van der Waals surface area contributed by atoms with Gasteiger partial charge in [-0.25, -0.2) is 9.97 Å². The minimum atomic E-state index is -0.0153. The van der Waals surface area contributed by atoms with E-state index in [4.69, 9.17) is 9.97 Å². The predicted octanol–water partition coefficient (Wildman–Crippen LogP) is 15.1. The molecule has 61 heavy (non-hydrogen) atoms. The smallest absolute Gasteiger partial charge is 0.235 e. The lowest BCUT2D eigenvalue weighted by atomic mass is 9.82. The first-order valence-corrected chi connectivity index (χ1v) is 21.2. The van der Waals surface area contributed by atoms with Gasteiger partial charge in [0.2, 0.25) is 5.95 Å². The fourth-order valence-corrected chi connectivity index (χ4v) is 10.1. The highest BCUT2D eigenvalue weighted by molar-refractivity contribution is 6.23. The second-order valence-corrected chi connectivity index (χ2v) is 16.9. The number of fused-ring (bicyclic) bond motifs is 9. The summed E-state index contributed by atoms with van der Waals surface area (Å²) in [5.74, 6) is 0.659. The summed E-state index contributed by atoms with van der Waals surface area (Å²) in [6.07, 6.45) is 11.7. The third-order valence-electron chi connectivity index (χ3n) is 13.0. The number of para-hydroxylation sites is 2. The third kappa shape index (κ3) is 5.58. The van der Waals surface area contributed by atoms with Gasteiger partial charge in [-0.1, -0.05) is 184 Å². The summed E-state index contributed by atoms with van der Waals surface area (Å²) in [7, 11) is 0. The molecule has 0 fully saturated rings. The summed E-state index contributed by atoms with van der Waals surface area (Å²) >= 11 is 0. The average Bonchev–Trinajstić information content (AvgIpc) is 3.59. The van der Waals surface area contributed by atoms with Crippen LogP contribution in [0.4, 0.5) is 0 Å². The minimum Gasteiger partial charge on any atom is -0.277 e. The molecule has 288 valence electrons. The maximum atomic E-state index is 5.47. The Hall–Kier alpha value is -7.62. The number of rotatable bonds is 5. The van der Waals surface area contributed by atoms with E-state index in [1.807, 2.05) is 0 Å². The Morgan fingerprint density at radius 1 is 0.508 bits per heavy atom. The lowest BCUT2D eigenvalue weighted by Gasteiger charge is -2.21. The maximum absolute atomic E-state index is 5.47. The van der Waals surface area contributed by atoms with Gasteiger partial charge in [-0.15, -0.1) is 0 Å². The summed E-state index contributed by atoms with van der Waals surface area (Å²) in [5.41, 5.74) is 17.6. The van der Waals surface area contributed by atoms with Crippen LogP contribution in [0.3, 0.4) is 0 Å². The Labute approximate surface area is 355 Å². The van der Waals surface area contributed by atoms with Crippen molar-refractivity contribution < 1.29 is 0 Å². The van der Waals surface area contributed by atoms with Crippen LogP contribution in [0.1, 0.15) is 37.1 Å². The van der Waals surface area contributed by atoms with Gasteiger partial charge >= 0.3 is 0 Å². The number of allylic oxidation sites excluding steroid dienone is 6. The number of hydrogen-bond donors (Lipinski definition) is 0. The largest absolute Gasteiger partial charge is 0.277 e. The van der Waals surface area contributed by atoms with E-state index in [9.17, 15) is 0 Å². The Kier molecular flexibility index (Phi) is 7.95. The van der Waals surface area contributed by atoms with Gasteiger partial charge in [0.25, 0.3) is 0 Å². The number of benzene rings is 8. The zero-order chi connectivity index (χ0) is 40.7. The molecule has 2 aliphatic rings. The van der Waals surface area contributed by atoms with Crippen LogP contribution in [0.2, 0.25) is 0 Å². The summed E-state index contributed by atoms with van der Waals surface area (Å²) in [6.45, 7) is 4.68. The first kappa shape index (κ1) is 35.3. The van der Waals surface area contributed by atoms with E-state index in [0.29, 0.717) is 5.95 Å². The molecule has 0 amide bonds. The summed E-state index contributed by atoms with van der Waals surface area (Å²) in [4.78, 5) is 10.8. The van der Waals surface area contributed by atoms with Gasteiger partial charge < -0.3 is 0 Å². The number of hydrogen-bond acceptors (Lipinski definition) is 2. The second kappa shape index (κ2) is 13.7. The maximum Gasteiger partial charge on any atom is 0.235 e. The summed E-state index contributed by atoms with van der Waals surface area (Å²) in [6, 6.07) is 62.2. The highest BCUT2D eigenvalue weighted by atomic mass is 15.2. The molecule has 3 nitrogen and oxygen atoms in total. The van der Waals surface area contributed by atoms with Gasteiger partial charge in [-0.3, -0.25) is 4.57 Å². The van der Waals surface area contributed by atoms with Gasteiger partial charge in [0.05, 0.1) is 22.2 Å². The molecule has 3 heteroatoms. The van der Waals surface area contributed by atoms with E-state index in [0.717, 1.165) is 50.8 Å². The van der Waals surface area contributed by atoms with Crippen LogP contribution < -0.4 is 0 Å². The van der Waals surface area contributed by atoms with Crippen molar-refractivity contribution in [3.63, 3.8) is 0 Å². The molecule has 2 aliphatic carbocycles. The highest BCUT2D eigenvalue weighted by Crippen LogP contribution is 2.50. The summed E-state index contributed by atoms with van der Waals surface area (Å²) < 4.78 is 2.31. The molecule has 2 aromatic heterocycles. The first-order chi connectivity index (χ1) is 30.0. The monoisotopic (exact) mass is 779 g/mol. The van der Waals surface area contributed by atoms with Gasteiger partial charge in [0, 0.05) is 27.1 Å². The molecule has 0 unspecified atom stereocenters. The van der Waals surface area contributed by atoms with Gasteiger partial charge in [0.1, 0.15) is 0 Å². The van der Waals surface area contributed by atoms with E-state index in [-0.39, 0.29) is 5.41 Å². The van der Waals surface area contributed by atoms with Crippen LogP contribution >= 0.6 is 0 Å². The van der Waals surface area contributed by atoms with Crippen molar-refractivity contribution in [1.82, 2.24) is 14.5 Å². The zero-order valence-corrected chi connectivity index (χ0v) is 34.1. The molecule has 0 aliphatic heterocycles. The lowest BCUT2D eigenvalue weighted by Crippen LogP contribution is -2.14. The summed E-state index contributed by atoms with van der Waals surface area (Å²) in [5, 5.41) is 5.84. The second-order valence-electron chi connectivity index (χ2n) is 16.9. The number of nitrogens with zero attached hydrogens (tertiary/aromatic N) is 3. The van der Waals surface area contributed by atoms with E-state index < -0.39 is 0 Å². The Balaban J connectivity index is 1.04. The van der Waals surface area contributed by atoms with Crippen molar-refractivity contribution in [2.45, 2.75) is 25.7 Å².